The van der Waals surface area contributed by atoms with Gasteiger partial charge in [0.2, 0.25) is 0 Å². The van der Waals surface area contributed by atoms with Crippen LogP contribution in [0.25, 0.3) is 0 Å². The van der Waals surface area contributed by atoms with E-state index in [0.29, 0.717) is 5.56 Å². The fraction of sp³-hybridized carbons (Fsp3) is 0.143. The van der Waals surface area contributed by atoms with E-state index in [4.69, 9.17) is 5.11 Å². The van der Waals surface area contributed by atoms with Crippen LogP contribution in [-0.4, -0.2) is 33.2 Å². The lowest BCUT2D eigenvalue weighted by Crippen LogP contribution is -2.18. The van der Waals surface area contributed by atoms with Crippen molar-refractivity contribution >= 4 is 29.5 Å². The highest BCUT2D eigenvalue weighted by Gasteiger charge is 2.17. The Morgan fingerprint density at radius 1 is 1.24 bits per heavy atom. The molecule has 0 bridgehead atoms. The molecule has 0 saturated carbocycles. The average Bonchev–Trinajstić information content (AvgIpc) is 2.48. The van der Waals surface area contributed by atoms with Crippen LogP contribution in [0.1, 0.15) is 26.4 Å². The molecule has 2 aromatic rings. The topological polar surface area (TPSA) is 92.2 Å². The number of aromatic carboxylic acids is 1. The van der Waals surface area contributed by atoms with Crippen molar-refractivity contribution < 1.29 is 14.7 Å². The third-order valence-electron chi connectivity index (χ3n) is 2.82. The Bertz CT molecular complexity index is 704. The third-order valence-corrected chi connectivity index (χ3v) is 3.55. The number of hydrogen-bond acceptors (Lipinski definition) is 5. The van der Waals surface area contributed by atoms with E-state index in [2.05, 4.69) is 15.3 Å². The summed E-state index contributed by atoms with van der Waals surface area (Å²) in [6.07, 6.45) is 4.50. The molecule has 0 aliphatic rings. The smallest absolute Gasteiger partial charge is 0.358 e. The number of carboxylic acid groups (broad SMARTS) is 1. The van der Waals surface area contributed by atoms with Crippen molar-refractivity contribution in [3.05, 3.63) is 47.4 Å². The van der Waals surface area contributed by atoms with Gasteiger partial charge in [0.1, 0.15) is 0 Å². The maximum absolute atomic E-state index is 12.3. The zero-order valence-corrected chi connectivity index (χ0v) is 12.3. The van der Waals surface area contributed by atoms with Crippen LogP contribution in [0.4, 0.5) is 5.82 Å². The molecular weight excluding hydrogens is 290 g/mol. The second kappa shape index (κ2) is 6.36. The summed E-state index contributed by atoms with van der Waals surface area (Å²) in [4.78, 5) is 31.9. The lowest BCUT2D eigenvalue weighted by atomic mass is 10.1. The average molecular weight is 303 g/mol. The van der Waals surface area contributed by atoms with Gasteiger partial charge in [0.15, 0.2) is 11.5 Å². The largest absolute Gasteiger partial charge is 0.476 e. The molecule has 1 heterocycles. The lowest BCUT2D eigenvalue weighted by Gasteiger charge is -2.09. The zero-order valence-electron chi connectivity index (χ0n) is 11.5. The molecule has 1 aromatic carbocycles. The number of benzene rings is 1. The van der Waals surface area contributed by atoms with Crippen molar-refractivity contribution in [3.63, 3.8) is 0 Å². The Kier molecular flexibility index (Phi) is 4.54. The number of aromatic nitrogens is 2. The summed E-state index contributed by atoms with van der Waals surface area (Å²) in [5.74, 6) is -1.72. The van der Waals surface area contributed by atoms with Crippen molar-refractivity contribution in [2.45, 2.75) is 11.8 Å². The molecule has 0 atom stereocenters. The summed E-state index contributed by atoms with van der Waals surface area (Å²) in [6.45, 7) is 1.81. The summed E-state index contributed by atoms with van der Waals surface area (Å²) in [7, 11) is 0. The van der Waals surface area contributed by atoms with Crippen LogP contribution in [-0.2, 0) is 0 Å². The number of anilines is 1. The SMILES string of the molecule is CSc1ccc(C)c(C(=O)Nc2nccnc2C(=O)O)c1. The maximum atomic E-state index is 12.3. The molecule has 0 spiro atoms. The molecule has 1 aromatic heterocycles. The molecule has 0 aliphatic heterocycles. The number of rotatable bonds is 4. The predicted octanol–water partition coefficient (Wildman–Crippen LogP) is 2.46. The Labute approximate surface area is 125 Å². The van der Waals surface area contributed by atoms with Crippen LogP contribution in [0.15, 0.2) is 35.5 Å². The summed E-state index contributed by atoms with van der Waals surface area (Å²) < 4.78 is 0. The van der Waals surface area contributed by atoms with Gasteiger partial charge in [-0.2, -0.15) is 0 Å². The number of nitrogens with one attached hydrogen (secondary N) is 1. The minimum absolute atomic E-state index is 0.0658. The molecule has 108 valence electrons. The van der Waals surface area contributed by atoms with E-state index < -0.39 is 11.9 Å². The summed E-state index contributed by atoms with van der Waals surface area (Å²) in [5.41, 5.74) is 0.986. The standard InChI is InChI=1S/C14H13N3O3S/c1-8-3-4-9(21-2)7-10(8)13(18)17-12-11(14(19)20)15-5-6-16-12/h3-7H,1-2H3,(H,19,20)(H,16,17,18). The molecule has 0 radical (unpaired) electrons. The van der Waals surface area contributed by atoms with Gasteiger partial charge in [-0.3, -0.25) is 4.79 Å². The number of carbonyl (C=O) groups is 2. The first-order chi connectivity index (χ1) is 10.0. The number of carboxylic acids is 1. The van der Waals surface area contributed by atoms with E-state index in [1.807, 2.05) is 25.3 Å². The highest BCUT2D eigenvalue weighted by atomic mass is 32.2. The Hall–Kier alpha value is -2.41. The van der Waals surface area contributed by atoms with Crippen molar-refractivity contribution in [2.75, 3.05) is 11.6 Å². The normalized spacial score (nSPS) is 10.2. The third kappa shape index (κ3) is 3.38. The van der Waals surface area contributed by atoms with Gasteiger partial charge < -0.3 is 10.4 Å². The van der Waals surface area contributed by atoms with Crippen LogP contribution in [0, 0.1) is 6.92 Å². The summed E-state index contributed by atoms with van der Waals surface area (Å²) >= 11 is 1.52. The molecule has 0 aliphatic carbocycles. The molecule has 2 rings (SSSR count). The van der Waals surface area contributed by atoms with Crippen LogP contribution in [0.2, 0.25) is 0 Å². The maximum Gasteiger partial charge on any atom is 0.358 e. The van der Waals surface area contributed by atoms with Crippen molar-refractivity contribution in [2.24, 2.45) is 0 Å². The van der Waals surface area contributed by atoms with Gasteiger partial charge >= 0.3 is 5.97 Å². The summed E-state index contributed by atoms with van der Waals surface area (Å²) in [6, 6.07) is 5.52. The van der Waals surface area contributed by atoms with E-state index in [9.17, 15) is 9.59 Å². The highest BCUT2D eigenvalue weighted by molar-refractivity contribution is 7.98. The van der Waals surface area contributed by atoms with Crippen LogP contribution in [0.5, 0.6) is 0 Å². The Morgan fingerprint density at radius 3 is 2.62 bits per heavy atom. The van der Waals surface area contributed by atoms with Gasteiger partial charge in [-0.15, -0.1) is 11.8 Å². The molecule has 0 fully saturated rings. The van der Waals surface area contributed by atoms with Gasteiger partial charge in [0.25, 0.3) is 5.91 Å². The highest BCUT2D eigenvalue weighted by Crippen LogP contribution is 2.20. The monoisotopic (exact) mass is 303 g/mol. The fourth-order valence-corrected chi connectivity index (χ4v) is 2.17. The fourth-order valence-electron chi connectivity index (χ4n) is 1.73. The quantitative estimate of drug-likeness (QED) is 0.843. The number of hydrogen-bond donors (Lipinski definition) is 2. The predicted molar refractivity (Wildman–Crippen MR) is 79.9 cm³/mol. The number of thioether (sulfide) groups is 1. The molecule has 6 nitrogen and oxygen atoms in total. The van der Waals surface area contributed by atoms with E-state index in [1.165, 1.54) is 24.2 Å². The second-order valence-corrected chi connectivity index (χ2v) is 5.07. The second-order valence-electron chi connectivity index (χ2n) is 4.19. The number of aryl methyl sites for hydroxylation is 1. The molecule has 2 N–H and O–H groups in total. The molecule has 1 amide bonds. The Morgan fingerprint density at radius 2 is 1.95 bits per heavy atom. The van der Waals surface area contributed by atoms with E-state index >= 15 is 0 Å². The molecular formula is C14H13N3O3S. The van der Waals surface area contributed by atoms with Gasteiger partial charge in [-0.1, -0.05) is 6.07 Å². The van der Waals surface area contributed by atoms with Gasteiger partial charge in [-0.05, 0) is 30.9 Å². The number of nitrogens with zero attached hydrogens (tertiary/aromatic N) is 2. The minimum Gasteiger partial charge on any atom is -0.476 e. The minimum atomic E-state index is -1.24. The Balaban J connectivity index is 2.33. The zero-order chi connectivity index (χ0) is 15.4. The number of amides is 1. The van der Waals surface area contributed by atoms with Crippen molar-refractivity contribution in [1.82, 2.24) is 9.97 Å². The van der Waals surface area contributed by atoms with Crippen molar-refractivity contribution in [1.29, 1.82) is 0 Å². The van der Waals surface area contributed by atoms with Crippen LogP contribution >= 0.6 is 11.8 Å². The first-order valence-corrected chi connectivity index (χ1v) is 7.25. The van der Waals surface area contributed by atoms with Gasteiger partial charge in [-0.25, -0.2) is 14.8 Å². The molecule has 0 saturated heterocycles. The van der Waals surface area contributed by atoms with Gasteiger partial charge in [0, 0.05) is 22.9 Å². The first-order valence-electron chi connectivity index (χ1n) is 6.03. The summed E-state index contributed by atoms with van der Waals surface area (Å²) in [5, 5.41) is 11.5. The van der Waals surface area contributed by atoms with Crippen LogP contribution in [0.3, 0.4) is 0 Å². The van der Waals surface area contributed by atoms with E-state index in [1.54, 1.807) is 6.07 Å². The molecule has 7 heteroatoms. The van der Waals surface area contributed by atoms with Gasteiger partial charge in [0.05, 0.1) is 0 Å². The molecule has 0 unspecified atom stereocenters. The van der Waals surface area contributed by atoms with E-state index in [-0.39, 0.29) is 11.5 Å². The lowest BCUT2D eigenvalue weighted by molar-refractivity contribution is 0.0691. The van der Waals surface area contributed by atoms with Crippen molar-refractivity contribution in [3.8, 4) is 0 Å². The first kappa shape index (κ1) is 15.0. The van der Waals surface area contributed by atoms with Crippen LogP contribution < -0.4 is 5.32 Å². The van der Waals surface area contributed by atoms with E-state index in [0.717, 1.165) is 10.5 Å². The molecule has 21 heavy (non-hydrogen) atoms. The number of carbonyl (C=O) groups excluding carboxylic acids is 1.